The minimum Gasteiger partial charge on any atom is -0.497 e. The van der Waals surface area contributed by atoms with E-state index in [9.17, 15) is 4.79 Å². The normalized spacial score (nSPS) is 21.5. The van der Waals surface area contributed by atoms with Crippen LogP contribution in [0.15, 0.2) is 18.2 Å². The second-order valence-corrected chi connectivity index (χ2v) is 4.66. The van der Waals surface area contributed by atoms with Crippen LogP contribution in [0.1, 0.15) is 30.9 Å². The van der Waals surface area contributed by atoms with Crippen LogP contribution < -0.4 is 10.5 Å². The van der Waals surface area contributed by atoms with Gasteiger partial charge in [-0.25, -0.2) is 0 Å². The van der Waals surface area contributed by atoms with Crippen LogP contribution in [0.3, 0.4) is 0 Å². The molecule has 0 aliphatic heterocycles. The third-order valence-electron chi connectivity index (χ3n) is 3.46. The van der Waals surface area contributed by atoms with Crippen molar-refractivity contribution in [3.8, 4) is 5.75 Å². The molecule has 0 fully saturated rings. The van der Waals surface area contributed by atoms with Crippen molar-refractivity contribution < 1.29 is 14.3 Å². The second-order valence-electron chi connectivity index (χ2n) is 4.66. The van der Waals surface area contributed by atoms with Crippen LogP contribution in [0, 0.1) is 0 Å². The summed E-state index contributed by atoms with van der Waals surface area (Å²) in [6.45, 7) is 2.19. The van der Waals surface area contributed by atoms with Gasteiger partial charge in [0.2, 0.25) is 0 Å². The van der Waals surface area contributed by atoms with Gasteiger partial charge in [-0.3, -0.25) is 4.79 Å². The molecule has 0 amide bonds. The van der Waals surface area contributed by atoms with Gasteiger partial charge in [-0.05, 0) is 43.0 Å². The van der Waals surface area contributed by atoms with E-state index in [1.165, 1.54) is 5.56 Å². The highest BCUT2D eigenvalue weighted by atomic mass is 16.5. The van der Waals surface area contributed by atoms with Gasteiger partial charge in [-0.1, -0.05) is 6.07 Å². The Morgan fingerprint density at radius 3 is 2.94 bits per heavy atom. The Balaban J connectivity index is 2.25. The Morgan fingerprint density at radius 2 is 2.28 bits per heavy atom. The van der Waals surface area contributed by atoms with Crippen LogP contribution in [0.25, 0.3) is 0 Å². The summed E-state index contributed by atoms with van der Waals surface area (Å²) in [5.41, 5.74) is 7.96. The second kappa shape index (κ2) is 4.98. The number of carbonyl (C=O) groups is 1. The van der Waals surface area contributed by atoms with E-state index in [0.29, 0.717) is 6.61 Å². The highest BCUT2D eigenvalue weighted by Gasteiger charge is 2.37. The summed E-state index contributed by atoms with van der Waals surface area (Å²) >= 11 is 0. The summed E-state index contributed by atoms with van der Waals surface area (Å²) in [6.07, 6.45) is 1.89. The predicted molar refractivity (Wildman–Crippen MR) is 68.4 cm³/mol. The Labute approximate surface area is 107 Å². The monoisotopic (exact) mass is 249 g/mol. The number of benzene rings is 1. The number of nitrogens with two attached hydrogens (primary N) is 1. The minimum atomic E-state index is -0.615. The van der Waals surface area contributed by atoms with E-state index in [1.807, 2.05) is 18.2 Å². The standard InChI is InChI=1S/C14H19NO3/c1-3-18-13(16)9-14(15)7-6-10-4-5-11(17-2)8-12(10)14/h4-5,8H,3,6-7,9,15H2,1-2H3. The third kappa shape index (κ3) is 2.34. The molecule has 0 bridgehead atoms. The van der Waals surface area contributed by atoms with Crippen molar-refractivity contribution >= 4 is 5.97 Å². The van der Waals surface area contributed by atoms with Gasteiger partial charge in [0.1, 0.15) is 5.75 Å². The van der Waals surface area contributed by atoms with Crippen LogP contribution in [0.5, 0.6) is 5.75 Å². The molecule has 0 saturated heterocycles. The molecule has 1 aromatic carbocycles. The molecule has 4 heteroatoms. The van der Waals surface area contributed by atoms with E-state index in [-0.39, 0.29) is 12.4 Å². The highest BCUT2D eigenvalue weighted by Crippen LogP contribution is 2.39. The molecule has 0 saturated carbocycles. The zero-order chi connectivity index (χ0) is 13.2. The smallest absolute Gasteiger partial charge is 0.307 e. The van der Waals surface area contributed by atoms with E-state index in [1.54, 1.807) is 14.0 Å². The number of carbonyl (C=O) groups excluding carboxylic acids is 1. The fourth-order valence-electron chi connectivity index (χ4n) is 2.51. The van der Waals surface area contributed by atoms with Crippen molar-refractivity contribution in [2.24, 2.45) is 5.73 Å². The Hall–Kier alpha value is -1.55. The number of hydrogen-bond acceptors (Lipinski definition) is 4. The first-order chi connectivity index (χ1) is 8.59. The minimum absolute atomic E-state index is 0.223. The van der Waals surface area contributed by atoms with E-state index < -0.39 is 5.54 Å². The fraction of sp³-hybridized carbons (Fsp3) is 0.500. The lowest BCUT2D eigenvalue weighted by molar-refractivity contribution is -0.144. The Bertz CT molecular complexity index is 458. The molecule has 1 unspecified atom stereocenters. The lowest BCUT2D eigenvalue weighted by Crippen LogP contribution is -2.37. The van der Waals surface area contributed by atoms with E-state index in [2.05, 4.69) is 0 Å². The summed E-state index contributed by atoms with van der Waals surface area (Å²) < 4.78 is 10.2. The topological polar surface area (TPSA) is 61.5 Å². The number of fused-ring (bicyclic) bond motifs is 1. The molecule has 0 heterocycles. The predicted octanol–water partition coefficient (Wildman–Crippen LogP) is 1.75. The SMILES string of the molecule is CCOC(=O)CC1(N)CCc2ccc(OC)cc21. The van der Waals surface area contributed by atoms with Crippen LogP contribution in [0.4, 0.5) is 0 Å². The highest BCUT2D eigenvalue weighted by molar-refractivity contribution is 5.72. The van der Waals surface area contributed by atoms with Gasteiger partial charge in [0, 0.05) is 0 Å². The molecular formula is C14H19NO3. The molecule has 0 aromatic heterocycles. The average Bonchev–Trinajstić information content (AvgIpc) is 2.67. The maximum Gasteiger partial charge on any atom is 0.307 e. The number of esters is 1. The van der Waals surface area contributed by atoms with Gasteiger partial charge in [0.25, 0.3) is 0 Å². The van der Waals surface area contributed by atoms with Crippen LogP contribution >= 0.6 is 0 Å². The molecular weight excluding hydrogens is 230 g/mol. The van der Waals surface area contributed by atoms with Crippen molar-refractivity contribution in [2.45, 2.75) is 31.7 Å². The van der Waals surface area contributed by atoms with Crippen molar-refractivity contribution in [3.05, 3.63) is 29.3 Å². The number of methoxy groups -OCH3 is 1. The Kier molecular flexibility index (Phi) is 3.57. The molecule has 1 atom stereocenters. The summed E-state index contributed by atoms with van der Waals surface area (Å²) in [7, 11) is 1.63. The Morgan fingerprint density at radius 1 is 1.50 bits per heavy atom. The molecule has 1 aromatic rings. The molecule has 1 aliphatic rings. The molecule has 0 spiro atoms. The number of aryl methyl sites for hydroxylation is 1. The quantitative estimate of drug-likeness (QED) is 0.826. The summed E-state index contributed by atoms with van der Waals surface area (Å²) in [5.74, 6) is 0.532. The van der Waals surface area contributed by atoms with Crippen molar-refractivity contribution in [1.29, 1.82) is 0 Å². The van der Waals surface area contributed by atoms with E-state index >= 15 is 0 Å². The van der Waals surface area contributed by atoms with Gasteiger partial charge in [0.15, 0.2) is 0 Å². The molecule has 2 N–H and O–H groups in total. The summed E-state index contributed by atoms with van der Waals surface area (Å²) in [4.78, 5) is 11.6. The third-order valence-corrected chi connectivity index (χ3v) is 3.46. The first-order valence-corrected chi connectivity index (χ1v) is 6.21. The van der Waals surface area contributed by atoms with Gasteiger partial charge in [0.05, 0.1) is 25.7 Å². The van der Waals surface area contributed by atoms with Crippen LogP contribution in [-0.4, -0.2) is 19.7 Å². The average molecular weight is 249 g/mol. The van der Waals surface area contributed by atoms with Crippen molar-refractivity contribution in [2.75, 3.05) is 13.7 Å². The van der Waals surface area contributed by atoms with Gasteiger partial charge < -0.3 is 15.2 Å². The van der Waals surface area contributed by atoms with E-state index in [4.69, 9.17) is 15.2 Å². The van der Waals surface area contributed by atoms with Crippen LogP contribution in [0.2, 0.25) is 0 Å². The first-order valence-electron chi connectivity index (χ1n) is 6.21. The summed E-state index contributed by atoms with van der Waals surface area (Å²) in [6, 6.07) is 5.88. The maximum atomic E-state index is 11.6. The zero-order valence-corrected chi connectivity index (χ0v) is 10.9. The van der Waals surface area contributed by atoms with Gasteiger partial charge in [-0.15, -0.1) is 0 Å². The van der Waals surface area contributed by atoms with Gasteiger partial charge >= 0.3 is 5.97 Å². The number of hydrogen-bond donors (Lipinski definition) is 1. The number of rotatable bonds is 4. The maximum absolute atomic E-state index is 11.6. The zero-order valence-electron chi connectivity index (χ0n) is 10.9. The molecule has 0 radical (unpaired) electrons. The molecule has 2 rings (SSSR count). The van der Waals surface area contributed by atoms with Crippen molar-refractivity contribution in [3.63, 3.8) is 0 Å². The van der Waals surface area contributed by atoms with Gasteiger partial charge in [-0.2, -0.15) is 0 Å². The fourth-order valence-corrected chi connectivity index (χ4v) is 2.51. The van der Waals surface area contributed by atoms with E-state index in [0.717, 1.165) is 24.2 Å². The molecule has 1 aliphatic carbocycles. The van der Waals surface area contributed by atoms with Crippen molar-refractivity contribution in [1.82, 2.24) is 0 Å². The summed E-state index contributed by atoms with van der Waals surface area (Å²) in [5, 5.41) is 0. The largest absolute Gasteiger partial charge is 0.497 e. The molecule has 98 valence electrons. The first kappa shape index (κ1) is 12.9. The molecule has 4 nitrogen and oxygen atoms in total. The molecule has 18 heavy (non-hydrogen) atoms. The lowest BCUT2D eigenvalue weighted by atomic mass is 9.89. The van der Waals surface area contributed by atoms with Crippen LogP contribution in [-0.2, 0) is 21.5 Å². The number of ether oxygens (including phenoxy) is 2. The lowest BCUT2D eigenvalue weighted by Gasteiger charge is -2.24.